The van der Waals surface area contributed by atoms with Gasteiger partial charge >= 0.3 is 5.97 Å². The summed E-state index contributed by atoms with van der Waals surface area (Å²) >= 11 is 0. The quantitative estimate of drug-likeness (QED) is 0.881. The number of rotatable bonds is 3. The Balaban J connectivity index is 1.81. The lowest BCUT2D eigenvalue weighted by Gasteiger charge is -2.31. The number of nitrogens with zero attached hydrogens (tertiary/aromatic N) is 2. The molecule has 0 saturated carbocycles. The third-order valence-electron chi connectivity index (χ3n) is 4.54. The number of piperidine rings is 1. The van der Waals surface area contributed by atoms with Crippen LogP contribution in [0.1, 0.15) is 29.6 Å². The Hall–Kier alpha value is -2.09. The van der Waals surface area contributed by atoms with Crippen LogP contribution in [0, 0.1) is 5.92 Å². The highest BCUT2D eigenvalue weighted by molar-refractivity contribution is 7.93. The maximum atomic E-state index is 12.7. The van der Waals surface area contributed by atoms with Crippen LogP contribution < -0.4 is 4.31 Å². The van der Waals surface area contributed by atoms with Crippen molar-refractivity contribution in [3.8, 4) is 0 Å². The van der Waals surface area contributed by atoms with Crippen molar-refractivity contribution in [1.82, 2.24) is 4.90 Å². The number of amides is 1. The highest BCUT2D eigenvalue weighted by Gasteiger charge is 2.31. The van der Waals surface area contributed by atoms with Crippen molar-refractivity contribution in [2.24, 2.45) is 5.92 Å². The maximum Gasteiger partial charge on any atom is 0.308 e. The molecular weight excluding hydrogens is 332 g/mol. The van der Waals surface area contributed by atoms with E-state index in [1.54, 1.807) is 29.2 Å². The monoisotopic (exact) mass is 352 g/mol. The number of carboxylic acid groups (broad SMARTS) is 1. The molecule has 1 atom stereocenters. The fourth-order valence-corrected chi connectivity index (χ4v) is 4.83. The number of anilines is 1. The van der Waals surface area contributed by atoms with Gasteiger partial charge in [-0.1, -0.05) is 6.07 Å². The Kier molecular flexibility index (Phi) is 4.49. The standard InChI is InChI=1S/C16H20N2O5S/c19-15(17-7-2-5-13(11-17)16(20)21)12-4-1-6-14(10-12)18-8-3-9-24(18,22)23/h1,4,6,10,13H,2-3,5,7-9,11H2,(H,20,21)/t13-/m1/s1. The van der Waals surface area contributed by atoms with Crippen LogP contribution in [-0.4, -0.2) is 55.7 Å². The molecule has 0 unspecified atom stereocenters. The van der Waals surface area contributed by atoms with Gasteiger partial charge in [-0.05, 0) is 37.5 Å². The van der Waals surface area contributed by atoms with Crippen molar-refractivity contribution >= 4 is 27.6 Å². The Morgan fingerprint density at radius 2 is 1.96 bits per heavy atom. The number of likely N-dealkylation sites (tertiary alicyclic amines) is 1. The molecule has 2 aliphatic heterocycles. The molecule has 1 aromatic carbocycles. The number of carbonyl (C=O) groups excluding carboxylic acids is 1. The highest BCUT2D eigenvalue weighted by Crippen LogP contribution is 2.26. The zero-order valence-electron chi connectivity index (χ0n) is 13.2. The molecule has 0 aliphatic carbocycles. The summed E-state index contributed by atoms with van der Waals surface area (Å²) in [4.78, 5) is 25.4. The molecule has 1 N–H and O–H groups in total. The van der Waals surface area contributed by atoms with Crippen LogP contribution in [0.25, 0.3) is 0 Å². The van der Waals surface area contributed by atoms with Crippen molar-refractivity contribution < 1.29 is 23.1 Å². The minimum atomic E-state index is -3.30. The Morgan fingerprint density at radius 3 is 2.62 bits per heavy atom. The SMILES string of the molecule is O=C(O)[C@@H]1CCCN(C(=O)c2cccc(N3CCCS3(=O)=O)c2)C1. The number of aliphatic carboxylic acids is 1. The van der Waals surface area contributed by atoms with Crippen molar-refractivity contribution in [3.63, 3.8) is 0 Å². The zero-order valence-corrected chi connectivity index (χ0v) is 14.0. The van der Waals surface area contributed by atoms with E-state index in [9.17, 15) is 18.0 Å². The molecule has 2 heterocycles. The number of carboxylic acids is 1. The molecule has 8 heteroatoms. The minimum Gasteiger partial charge on any atom is -0.481 e. The molecule has 7 nitrogen and oxygen atoms in total. The Labute approximate surface area is 140 Å². The van der Waals surface area contributed by atoms with Crippen LogP contribution in [0.4, 0.5) is 5.69 Å². The van der Waals surface area contributed by atoms with E-state index in [0.29, 0.717) is 43.6 Å². The highest BCUT2D eigenvalue weighted by atomic mass is 32.2. The van der Waals surface area contributed by atoms with Crippen LogP contribution >= 0.6 is 0 Å². The third-order valence-corrected chi connectivity index (χ3v) is 6.41. The van der Waals surface area contributed by atoms with E-state index in [1.165, 1.54) is 4.31 Å². The van der Waals surface area contributed by atoms with Crippen LogP contribution in [-0.2, 0) is 14.8 Å². The number of carbonyl (C=O) groups is 2. The van der Waals surface area contributed by atoms with Crippen molar-refractivity contribution in [2.75, 3.05) is 29.7 Å². The number of benzene rings is 1. The number of hydrogen-bond donors (Lipinski definition) is 1. The summed E-state index contributed by atoms with van der Waals surface area (Å²) in [6.45, 7) is 1.14. The van der Waals surface area contributed by atoms with E-state index in [-0.39, 0.29) is 18.2 Å². The van der Waals surface area contributed by atoms with Gasteiger partial charge in [-0.25, -0.2) is 8.42 Å². The predicted molar refractivity (Wildman–Crippen MR) is 88.5 cm³/mol. The van der Waals surface area contributed by atoms with Crippen LogP contribution in [0.15, 0.2) is 24.3 Å². The van der Waals surface area contributed by atoms with E-state index in [4.69, 9.17) is 5.11 Å². The van der Waals surface area contributed by atoms with Gasteiger partial charge in [0.1, 0.15) is 0 Å². The number of hydrogen-bond acceptors (Lipinski definition) is 4. The second-order valence-corrected chi connectivity index (χ2v) is 8.23. The van der Waals surface area contributed by atoms with Gasteiger partial charge in [0.15, 0.2) is 0 Å². The summed E-state index contributed by atoms with van der Waals surface area (Å²) in [6, 6.07) is 6.55. The average molecular weight is 352 g/mol. The van der Waals surface area contributed by atoms with Crippen molar-refractivity contribution in [3.05, 3.63) is 29.8 Å². The fourth-order valence-electron chi connectivity index (χ4n) is 3.27. The largest absolute Gasteiger partial charge is 0.481 e. The average Bonchev–Trinajstić information content (AvgIpc) is 2.93. The summed E-state index contributed by atoms with van der Waals surface area (Å²) in [5.74, 6) is -1.55. The van der Waals surface area contributed by atoms with Gasteiger partial charge in [-0.2, -0.15) is 0 Å². The van der Waals surface area contributed by atoms with Gasteiger partial charge in [0.2, 0.25) is 10.0 Å². The van der Waals surface area contributed by atoms with E-state index in [2.05, 4.69) is 0 Å². The van der Waals surface area contributed by atoms with Crippen LogP contribution in [0.2, 0.25) is 0 Å². The Morgan fingerprint density at radius 1 is 1.17 bits per heavy atom. The van der Waals surface area contributed by atoms with E-state index < -0.39 is 21.9 Å². The van der Waals surface area contributed by atoms with E-state index in [1.807, 2.05) is 0 Å². The summed E-state index contributed by atoms with van der Waals surface area (Å²) in [6.07, 6.45) is 1.81. The molecule has 1 amide bonds. The lowest BCUT2D eigenvalue weighted by Crippen LogP contribution is -2.42. The van der Waals surface area contributed by atoms with Crippen LogP contribution in [0.5, 0.6) is 0 Å². The summed E-state index contributed by atoms with van der Waals surface area (Å²) < 4.78 is 25.4. The smallest absolute Gasteiger partial charge is 0.308 e. The third kappa shape index (κ3) is 3.24. The first-order chi connectivity index (χ1) is 11.4. The van der Waals surface area contributed by atoms with Gasteiger partial charge in [-0.15, -0.1) is 0 Å². The fraction of sp³-hybridized carbons (Fsp3) is 0.500. The van der Waals surface area contributed by atoms with Gasteiger partial charge in [0.25, 0.3) is 5.91 Å². The lowest BCUT2D eigenvalue weighted by molar-refractivity contribution is -0.143. The van der Waals surface area contributed by atoms with Crippen molar-refractivity contribution in [2.45, 2.75) is 19.3 Å². The van der Waals surface area contributed by atoms with Gasteiger partial charge in [0.05, 0.1) is 17.4 Å². The normalized spacial score (nSPS) is 23.2. The molecule has 0 aromatic heterocycles. The molecule has 1 aromatic rings. The van der Waals surface area contributed by atoms with Gasteiger partial charge in [0, 0.05) is 25.2 Å². The molecule has 0 spiro atoms. The molecule has 0 bridgehead atoms. The van der Waals surface area contributed by atoms with E-state index in [0.717, 1.165) is 0 Å². The Bertz CT molecular complexity index is 761. The predicted octanol–water partition coefficient (Wildman–Crippen LogP) is 1.16. The summed E-state index contributed by atoms with van der Waals surface area (Å²) in [5, 5.41) is 9.14. The molecular formula is C16H20N2O5S. The van der Waals surface area contributed by atoms with E-state index >= 15 is 0 Å². The first-order valence-corrected chi connectivity index (χ1v) is 9.62. The molecule has 3 rings (SSSR count). The number of sulfonamides is 1. The second-order valence-electron chi connectivity index (χ2n) is 6.22. The maximum absolute atomic E-state index is 12.7. The molecule has 2 saturated heterocycles. The molecule has 24 heavy (non-hydrogen) atoms. The first kappa shape index (κ1) is 16.8. The van der Waals surface area contributed by atoms with Crippen LogP contribution in [0.3, 0.4) is 0 Å². The molecule has 130 valence electrons. The zero-order chi connectivity index (χ0) is 17.3. The van der Waals surface area contributed by atoms with Gasteiger partial charge in [-0.3, -0.25) is 13.9 Å². The topological polar surface area (TPSA) is 95.0 Å². The summed E-state index contributed by atoms with van der Waals surface area (Å²) in [5.41, 5.74) is 0.880. The van der Waals surface area contributed by atoms with Gasteiger partial charge < -0.3 is 10.0 Å². The lowest BCUT2D eigenvalue weighted by atomic mass is 9.97. The molecule has 2 aliphatic rings. The van der Waals surface area contributed by atoms with Crippen molar-refractivity contribution in [1.29, 1.82) is 0 Å². The second kappa shape index (κ2) is 6.43. The minimum absolute atomic E-state index is 0.123. The summed E-state index contributed by atoms with van der Waals surface area (Å²) in [7, 11) is -3.30. The first-order valence-electron chi connectivity index (χ1n) is 8.01. The molecule has 0 radical (unpaired) electrons. The molecule has 2 fully saturated rings.